The number of hydrogen-bond donors (Lipinski definition) is 1. The normalized spacial score (nSPS) is 13.2. The van der Waals surface area contributed by atoms with Gasteiger partial charge >= 0.3 is 0 Å². The molecule has 5 rings (SSSR count). The van der Waals surface area contributed by atoms with E-state index in [4.69, 9.17) is 0 Å². The third-order valence-electron chi connectivity index (χ3n) is 5.22. The molecule has 0 amide bonds. The van der Waals surface area contributed by atoms with E-state index in [0.29, 0.717) is 12.1 Å². The molecule has 0 radical (unpaired) electrons. The molecule has 2 aromatic heterocycles. The Balaban J connectivity index is 1.34. The molecular formula is C24H20FN5. The van der Waals surface area contributed by atoms with E-state index in [-0.39, 0.29) is 11.6 Å². The number of pyridine rings is 2. The first-order chi connectivity index (χ1) is 14.8. The van der Waals surface area contributed by atoms with E-state index in [0.717, 1.165) is 40.8 Å². The number of hydrogen-bond acceptors (Lipinski definition) is 5. The standard InChI is InChI=1S/C24H20FN5/c25-23-21(18-5-8-22-19(14-18)2-1-10-27-22)9-11-28-24(23)29-15-17-3-6-20(7-4-17)30-13-12-26-16-30/h1-11,14,16H,12-13,15H2,(H,28,29). The lowest BCUT2D eigenvalue weighted by Crippen LogP contribution is -2.17. The maximum Gasteiger partial charge on any atom is 0.173 e. The van der Waals surface area contributed by atoms with Gasteiger partial charge in [0, 0.05) is 42.1 Å². The molecule has 0 atom stereocenters. The quantitative estimate of drug-likeness (QED) is 0.521. The molecule has 3 heterocycles. The van der Waals surface area contributed by atoms with Crippen molar-refractivity contribution in [1.29, 1.82) is 0 Å². The minimum atomic E-state index is -0.356. The molecule has 1 N–H and O–H groups in total. The van der Waals surface area contributed by atoms with Gasteiger partial charge in [0.25, 0.3) is 0 Å². The zero-order valence-electron chi connectivity index (χ0n) is 16.3. The predicted molar refractivity (Wildman–Crippen MR) is 119 cm³/mol. The molecular weight excluding hydrogens is 377 g/mol. The number of anilines is 2. The van der Waals surface area contributed by atoms with Gasteiger partial charge in [0.05, 0.1) is 18.4 Å². The summed E-state index contributed by atoms with van der Waals surface area (Å²) in [6, 6.07) is 19.5. The number of nitrogens with one attached hydrogen (secondary N) is 1. The fourth-order valence-electron chi connectivity index (χ4n) is 3.60. The Morgan fingerprint density at radius 1 is 0.967 bits per heavy atom. The summed E-state index contributed by atoms with van der Waals surface area (Å²) in [6.45, 7) is 2.23. The second-order valence-corrected chi connectivity index (χ2v) is 7.17. The maximum absolute atomic E-state index is 15.2. The first kappa shape index (κ1) is 18.2. The first-order valence-electron chi connectivity index (χ1n) is 9.87. The Kier molecular flexibility index (Phi) is 4.81. The second kappa shape index (κ2) is 7.91. The van der Waals surface area contributed by atoms with Crippen molar-refractivity contribution in [3.8, 4) is 11.1 Å². The Morgan fingerprint density at radius 2 is 1.87 bits per heavy atom. The average Bonchev–Trinajstić information content (AvgIpc) is 3.33. The van der Waals surface area contributed by atoms with E-state index in [1.165, 1.54) is 0 Å². The highest BCUT2D eigenvalue weighted by atomic mass is 19.1. The molecule has 1 aliphatic rings. The van der Waals surface area contributed by atoms with Crippen molar-refractivity contribution in [3.05, 3.63) is 84.4 Å². The summed E-state index contributed by atoms with van der Waals surface area (Å²) in [5.74, 6) is -0.111. The molecule has 4 aromatic rings. The van der Waals surface area contributed by atoms with Crippen molar-refractivity contribution in [2.24, 2.45) is 4.99 Å². The third-order valence-corrected chi connectivity index (χ3v) is 5.22. The molecule has 0 saturated heterocycles. The molecule has 2 aromatic carbocycles. The number of halogens is 1. The SMILES string of the molecule is Fc1c(-c2ccc3ncccc3c2)ccnc1NCc1ccc(N2C=NCC2)cc1. The highest BCUT2D eigenvalue weighted by molar-refractivity contribution is 5.85. The van der Waals surface area contributed by atoms with Gasteiger partial charge in [-0.1, -0.05) is 24.3 Å². The molecule has 0 bridgehead atoms. The monoisotopic (exact) mass is 397 g/mol. The molecule has 0 saturated carbocycles. The zero-order chi connectivity index (χ0) is 20.3. The van der Waals surface area contributed by atoms with Gasteiger partial charge < -0.3 is 10.2 Å². The van der Waals surface area contributed by atoms with Gasteiger partial charge in [-0.05, 0) is 47.5 Å². The van der Waals surface area contributed by atoms with Crippen molar-refractivity contribution in [2.45, 2.75) is 6.54 Å². The highest BCUT2D eigenvalue weighted by Gasteiger charge is 2.12. The van der Waals surface area contributed by atoms with E-state index in [1.807, 2.05) is 48.8 Å². The minimum absolute atomic E-state index is 0.245. The number of rotatable bonds is 5. The van der Waals surface area contributed by atoms with Crippen molar-refractivity contribution in [3.63, 3.8) is 0 Å². The third kappa shape index (κ3) is 3.59. The zero-order valence-corrected chi connectivity index (χ0v) is 16.3. The lowest BCUT2D eigenvalue weighted by Gasteiger charge is -2.15. The van der Waals surface area contributed by atoms with Crippen LogP contribution >= 0.6 is 0 Å². The van der Waals surface area contributed by atoms with E-state index in [9.17, 15) is 0 Å². The van der Waals surface area contributed by atoms with Gasteiger partial charge in [-0.25, -0.2) is 9.37 Å². The van der Waals surface area contributed by atoms with Gasteiger partial charge in [0.15, 0.2) is 11.6 Å². The minimum Gasteiger partial charge on any atom is -0.364 e. The molecule has 0 aliphatic carbocycles. The highest BCUT2D eigenvalue weighted by Crippen LogP contribution is 2.28. The van der Waals surface area contributed by atoms with Crippen molar-refractivity contribution in [1.82, 2.24) is 9.97 Å². The average molecular weight is 397 g/mol. The Hall–Kier alpha value is -3.80. The molecule has 5 nitrogen and oxygen atoms in total. The van der Waals surface area contributed by atoms with E-state index in [2.05, 4.69) is 37.3 Å². The second-order valence-electron chi connectivity index (χ2n) is 7.17. The van der Waals surface area contributed by atoms with Crippen LogP contribution in [0.25, 0.3) is 22.0 Å². The fraction of sp³-hybridized carbons (Fsp3) is 0.125. The van der Waals surface area contributed by atoms with Gasteiger partial charge in [-0.2, -0.15) is 0 Å². The van der Waals surface area contributed by atoms with Crippen molar-refractivity contribution < 1.29 is 4.39 Å². The Labute approximate surface area is 173 Å². The predicted octanol–water partition coefficient (Wildman–Crippen LogP) is 4.90. The van der Waals surface area contributed by atoms with Crippen LogP contribution in [0.3, 0.4) is 0 Å². The Morgan fingerprint density at radius 3 is 2.70 bits per heavy atom. The molecule has 30 heavy (non-hydrogen) atoms. The number of nitrogens with zero attached hydrogens (tertiary/aromatic N) is 4. The van der Waals surface area contributed by atoms with Crippen molar-refractivity contribution in [2.75, 3.05) is 23.3 Å². The van der Waals surface area contributed by atoms with E-state index >= 15 is 4.39 Å². The number of aromatic nitrogens is 2. The summed E-state index contributed by atoms with van der Waals surface area (Å²) in [4.78, 5) is 14.9. The largest absolute Gasteiger partial charge is 0.364 e. The summed E-state index contributed by atoms with van der Waals surface area (Å²) < 4.78 is 15.2. The van der Waals surface area contributed by atoms with Crippen LogP contribution < -0.4 is 10.2 Å². The van der Waals surface area contributed by atoms with Gasteiger partial charge in [0.1, 0.15) is 0 Å². The number of benzene rings is 2. The fourth-order valence-corrected chi connectivity index (χ4v) is 3.60. The number of fused-ring (bicyclic) bond motifs is 1. The van der Waals surface area contributed by atoms with Crippen LogP contribution in [-0.2, 0) is 6.54 Å². The van der Waals surface area contributed by atoms with Gasteiger partial charge in [-0.3, -0.25) is 9.98 Å². The summed E-state index contributed by atoms with van der Waals surface area (Å²) in [6.07, 6.45) is 5.24. The van der Waals surface area contributed by atoms with Crippen LogP contribution in [0.5, 0.6) is 0 Å². The Bertz CT molecular complexity index is 1220. The van der Waals surface area contributed by atoms with Crippen LogP contribution in [-0.4, -0.2) is 29.4 Å². The van der Waals surface area contributed by atoms with E-state index in [1.54, 1.807) is 18.5 Å². The molecule has 0 unspecified atom stereocenters. The summed E-state index contributed by atoms with van der Waals surface area (Å²) in [7, 11) is 0. The first-order valence-corrected chi connectivity index (χ1v) is 9.87. The lowest BCUT2D eigenvalue weighted by molar-refractivity contribution is 0.628. The van der Waals surface area contributed by atoms with E-state index < -0.39 is 0 Å². The van der Waals surface area contributed by atoms with Crippen LogP contribution in [0, 0.1) is 5.82 Å². The van der Waals surface area contributed by atoms with Crippen LogP contribution in [0.15, 0.2) is 78.0 Å². The smallest absolute Gasteiger partial charge is 0.173 e. The van der Waals surface area contributed by atoms with Crippen LogP contribution in [0.2, 0.25) is 0 Å². The lowest BCUT2D eigenvalue weighted by atomic mass is 10.0. The summed E-state index contributed by atoms with van der Waals surface area (Å²) >= 11 is 0. The molecule has 0 spiro atoms. The number of aliphatic imine (C=N–C) groups is 1. The van der Waals surface area contributed by atoms with Gasteiger partial charge in [0.2, 0.25) is 0 Å². The van der Waals surface area contributed by atoms with Gasteiger partial charge in [-0.15, -0.1) is 0 Å². The maximum atomic E-state index is 15.2. The summed E-state index contributed by atoms with van der Waals surface area (Å²) in [5.41, 5.74) is 4.37. The topological polar surface area (TPSA) is 53.4 Å². The molecule has 6 heteroatoms. The molecule has 1 aliphatic heterocycles. The molecule has 0 fully saturated rings. The molecule has 148 valence electrons. The summed E-state index contributed by atoms with van der Waals surface area (Å²) in [5, 5.41) is 4.10. The van der Waals surface area contributed by atoms with Crippen LogP contribution in [0.4, 0.5) is 15.9 Å². The van der Waals surface area contributed by atoms with Crippen molar-refractivity contribution >= 4 is 28.7 Å². The van der Waals surface area contributed by atoms with Crippen LogP contribution in [0.1, 0.15) is 5.56 Å².